The molecule has 0 saturated carbocycles. The molecule has 0 atom stereocenters. The van der Waals surface area contributed by atoms with Crippen LogP contribution in [0.2, 0.25) is 0 Å². The minimum absolute atomic E-state index is 0.365. The lowest BCUT2D eigenvalue weighted by Crippen LogP contribution is -2.11. The SMILES string of the molecule is C=C/C(N)=C(\C=C)c1nc(CN(C)C)no1. The van der Waals surface area contributed by atoms with Crippen molar-refractivity contribution in [3.05, 3.63) is 42.7 Å². The molecule has 1 aromatic heterocycles. The van der Waals surface area contributed by atoms with Gasteiger partial charge in [0.15, 0.2) is 5.82 Å². The van der Waals surface area contributed by atoms with Gasteiger partial charge >= 0.3 is 0 Å². The Balaban J connectivity index is 3.00. The number of rotatable bonds is 5. The van der Waals surface area contributed by atoms with E-state index in [0.717, 1.165) is 0 Å². The van der Waals surface area contributed by atoms with E-state index >= 15 is 0 Å². The monoisotopic (exact) mass is 220 g/mol. The highest BCUT2D eigenvalue weighted by atomic mass is 16.5. The van der Waals surface area contributed by atoms with Crippen LogP contribution in [0.15, 0.2) is 35.5 Å². The third-order valence-electron chi connectivity index (χ3n) is 1.89. The summed E-state index contributed by atoms with van der Waals surface area (Å²) in [5, 5.41) is 3.84. The van der Waals surface area contributed by atoms with Crippen LogP contribution in [-0.4, -0.2) is 29.1 Å². The largest absolute Gasteiger partial charge is 0.398 e. The molecule has 0 fully saturated rings. The van der Waals surface area contributed by atoms with Crippen molar-refractivity contribution in [2.24, 2.45) is 5.73 Å². The van der Waals surface area contributed by atoms with Crippen molar-refractivity contribution in [1.29, 1.82) is 0 Å². The predicted octanol–water partition coefficient (Wildman–Crippen LogP) is 1.17. The molecule has 0 aliphatic heterocycles. The fourth-order valence-corrected chi connectivity index (χ4v) is 1.15. The lowest BCUT2D eigenvalue weighted by atomic mass is 10.2. The van der Waals surface area contributed by atoms with Gasteiger partial charge < -0.3 is 15.2 Å². The van der Waals surface area contributed by atoms with Gasteiger partial charge in [-0.3, -0.25) is 0 Å². The van der Waals surface area contributed by atoms with Crippen LogP contribution in [0.1, 0.15) is 11.7 Å². The van der Waals surface area contributed by atoms with Crippen molar-refractivity contribution < 1.29 is 4.52 Å². The fourth-order valence-electron chi connectivity index (χ4n) is 1.15. The van der Waals surface area contributed by atoms with E-state index in [1.54, 1.807) is 6.08 Å². The van der Waals surface area contributed by atoms with E-state index in [-0.39, 0.29) is 0 Å². The maximum Gasteiger partial charge on any atom is 0.260 e. The van der Waals surface area contributed by atoms with Gasteiger partial charge in [-0.25, -0.2) is 0 Å². The Morgan fingerprint density at radius 1 is 1.44 bits per heavy atom. The molecule has 0 aromatic carbocycles. The lowest BCUT2D eigenvalue weighted by molar-refractivity contribution is 0.360. The van der Waals surface area contributed by atoms with E-state index < -0.39 is 0 Å². The molecule has 0 unspecified atom stereocenters. The number of nitrogens with two attached hydrogens (primary N) is 1. The molecule has 0 aliphatic carbocycles. The maximum absolute atomic E-state index is 5.72. The van der Waals surface area contributed by atoms with E-state index in [9.17, 15) is 0 Å². The van der Waals surface area contributed by atoms with E-state index in [4.69, 9.17) is 10.3 Å². The van der Waals surface area contributed by atoms with Gasteiger partial charge in [-0.2, -0.15) is 4.98 Å². The van der Waals surface area contributed by atoms with Crippen molar-refractivity contribution in [2.45, 2.75) is 6.54 Å². The number of aromatic nitrogens is 2. The first-order valence-electron chi connectivity index (χ1n) is 4.80. The molecule has 16 heavy (non-hydrogen) atoms. The van der Waals surface area contributed by atoms with Crippen molar-refractivity contribution in [1.82, 2.24) is 15.0 Å². The van der Waals surface area contributed by atoms with Gasteiger partial charge in [-0.05, 0) is 20.2 Å². The highest BCUT2D eigenvalue weighted by Gasteiger charge is 2.11. The second-order valence-electron chi connectivity index (χ2n) is 3.53. The Morgan fingerprint density at radius 2 is 2.12 bits per heavy atom. The van der Waals surface area contributed by atoms with Crippen LogP contribution in [0, 0.1) is 0 Å². The zero-order valence-corrected chi connectivity index (χ0v) is 9.60. The molecule has 5 nitrogen and oxygen atoms in total. The van der Waals surface area contributed by atoms with Crippen LogP contribution < -0.4 is 5.73 Å². The van der Waals surface area contributed by atoms with Crippen molar-refractivity contribution in [2.75, 3.05) is 14.1 Å². The standard InChI is InChI=1S/C11H16N4O/c1-5-8(9(12)6-2)11-13-10(14-16-11)7-15(3)4/h5-6H,1-2,7,12H2,3-4H3/b9-8-. The fraction of sp³-hybridized carbons (Fsp3) is 0.273. The van der Waals surface area contributed by atoms with Gasteiger partial charge in [0.2, 0.25) is 0 Å². The summed E-state index contributed by atoms with van der Waals surface area (Å²) in [6, 6.07) is 0. The summed E-state index contributed by atoms with van der Waals surface area (Å²) < 4.78 is 5.10. The summed E-state index contributed by atoms with van der Waals surface area (Å²) in [5.41, 5.74) is 6.79. The van der Waals surface area contributed by atoms with Crippen molar-refractivity contribution in [3.8, 4) is 0 Å². The quantitative estimate of drug-likeness (QED) is 0.754. The third-order valence-corrected chi connectivity index (χ3v) is 1.89. The van der Waals surface area contributed by atoms with Crippen LogP contribution in [0.5, 0.6) is 0 Å². The molecule has 1 heterocycles. The second-order valence-corrected chi connectivity index (χ2v) is 3.53. The molecule has 0 radical (unpaired) electrons. The molecule has 0 amide bonds. The summed E-state index contributed by atoms with van der Waals surface area (Å²) in [6.45, 7) is 7.85. The highest BCUT2D eigenvalue weighted by molar-refractivity contribution is 5.72. The van der Waals surface area contributed by atoms with Gasteiger partial charge in [0.05, 0.1) is 12.1 Å². The first-order chi connectivity index (χ1) is 7.58. The van der Waals surface area contributed by atoms with Crippen molar-refractivity contribution >= 4 is 5.57 Å². The topological polar surface area (TPSA) is 68.2 Å². The zero-order valence-electron chi connectivity index (χ0n) is 9.60. The Bertz CT molecular complexity index is 417. The molecule has 0 aliphatic rings. The summed E-state index contributed by atoms with van der Waals surface area (Å²) >= 11 is 0. The number of hydrogen-bond acceptors (Lipinski definition) is 5. The molecular formula is C11H16N4O. The summed E-state index contributed by atoms with van der Waals surface area (Å²) in [4.78, 5) is 6.16. The average Bonchev–Trinajstić information content (AvgIpc) is 2.66. The number of allylic oxidation sites excluding steroid dienone is 3. The van der Waals surface area contributed by atoms with Crippen molar-refractivity contribution in [3.63, 3.8) is 0 Å². The van der Waals surface area contributed by atoms with Gasteiger partial charge in [-0.15, -0.1) is 0 Å². The molecule has 86 valence electrons. The van der Waals surface area contributed by atoms with E-state index in [2.05, 4.69) is 23.3 Å². The Labute approximate surface area is 94.9 Å². The summed E-state index contributed by atoms with van der Waals surface area (Å²) in [5.74, 6) is 0.973. The third kappa shape index (κ3) is 2.80. The van der Waals surface area contributed by atoms with Crippen LogP contribution in [0.4, 0.5) is 0 Å². The van der Waals surface area contributed by atoms with Crippen LogP contribution in [0.25, 0.3) is 5.57 Å². The minimum Gasteiger partial charge on any atom is -0.398 e. The van der Waals surface area contributed by atoms with E-state index in [1.807, 2.05) is 19.0 Å². The minimum atomic E-state index is 0.365. The molecule has 5 heteroatoms. The van der Waals surface area contributed by atoms with E-state index in [0.29, 0.717) is 29.5 Å². The molecule has 0 saturated heterocycles. The van der Waals surface area contributed by atoms with Gasteiger partial charge in [-0.1, -0.05) is 24.4 Å². The first-order valence-corrected chi connectivity index (χ1v) is 4.80. The van der Waals surface area contributed by atoms with Gasteiger partial charge in [0.1, 0.15) is 0 Å². The Hall–Kier alpha value is -1.88. The maximum atomic E-state index is 5.72. The summed E-state index contributed by atoms with van der Waals surface area (Å²) in [7, 11) is 3.86. The number of hydrogen-bond donors (Lipinski definition) is 1. The smallest absolute Gasteiger partial charge is 0.260 e. The van der Waals surface area contributed by atoms with Gasteiger partial charge in [0.25, 0.3) is 5.89 Å². The molecule has 1 aromatic rings. The highest BCUT2D eigenvalue weighted by Crippen LogP contribution is 2.16. The molecule has 0 spiro atoms. The number of nitrogens with zero attached hydrogens (tertiary/aromatic N) is 3. The van der Waals surface area contributed by atoms with Gasteiger partial charge in [0, 0.05) is 5.70 Å². The predicted molar refractivity (Wildman–Crippen MR) is 63.2 cm³/mol. The average molecular weight is 220 g/mol. The van der Waals surface area contributed by atoms with Crippen LogP contribution in [-0.2, 0) is 6.54 Å². The Morgan fingerprint density at radius 3 is 2.62 bits per heavy atom. The molecule has 1 rings (SSSR count). The molecule has 2 N–H and O–H groups in total. The van der Waals surface area contributed by atoms with Crippen LogP contribution >= 0.6 is 0 Å². The molecular weight excluding hydrogens is 204 g/mol. The molecule has 0 bridgehead atoms. The van der Waals surface area contributed by atoms with E-state index in [1.165, 1.54) is 6.08 Å². The lowest BCUT2D eigenvalue weighted by Gasteiger charge is -2.03. The summed E-state index contributed by atoms with van der Waals surface area (Å²) in [6.07, 6.45) is 3.09. The normalized spacial score (nSPS) is 12.4. The van der Waals surface area contributed by atoms with Crippen LogP contribution in [0.3, 0.4) is 0 Å². The Kier molecular flexibility index (Phi) is 4.02. The first kappa shape index (κ1) is 12.2. The zero-order chi connectivity index (χ0) is 12.1. The second kappa shape index (κ2) is 5.27.